The number of ether oxygens (including phenoxy) is 3. The maximum atomic E-state index is 7.13. The molecule has 0 saturated heterocycles. The minimum absolute atomic E-state index is 0.540. The molecule has 2 rings (SSSR count). The van der Waals surface area contributed by atoms with E-state index in [0.29, 0.717) is 17.9 Å². The SMILES string of the molecule is [2H]C([2H])([2H])OC1C=C(OC)C=C(CCc2ccccc2)O1. The molecule has 18 heavy (non-hydrogen) atoms. The molecule has 1 aromatic carbocycles. The molecule has 1 aliphatic rings. The Labute approximate surface area is 112 Å². The Morgan fingerprint density at radius 2 is 2.11 bits per heavy atom. The average Bonchev–Trinajstić information content (AvgIpc) is 2.44. The van der Waals surface area contributed by atoms with Gasteiger partial charge in [-0.05, 0) is 12.0 Å². The largest absolute Gasteiger partial charge is 0.497 e. The third-order valence-corrected chi connectivity index (χ3v) is 2.73. The van der Waals surface area contributed by atoms with E-state index >= 15 is 0 Å². The van der Waals surface area contributed by atoms with Gasteiger partial charge in [-0.3, -0.25) is 0 Å². The van der Waals surface area contributed by atoms with E-state index in [2.05, 4.69) is 0 Å². The summed E-state index contributed by atoms with van der Waals surface area (Å²) in [6, 6.07) is 9.99. The smallest absolute Gasteiger partial charge is 0.222 e. The lowest BCUT2D eigenvalue weighted by Crippen LogP contribution is -2.17. The summed E-state index contributed by atoms with van der Waals surface area (Å²) in [5.41, 5.74) is 1.18. The predicted octanol–water partition coefficient (Wildman–Crippen LogP) is 3.04. The van der Waals surface area contributed by atoms with Crippen molar-refractivity contribution in [2.75, 3.05) is 14.1 Å². The highest BCUT2D eigenvalue weighted by Gasteiger charge is 2.15. The molecule has 0 fully saturated rings. The summed E-state index contributed by atoms with van der Waals surface area (Å²) in [5, 5.41) is 0. The molecule has 0 amide bonds. The van der Waals surface area contributed by atoms with Crippen molar-refractivity contribution in [1.82, 2.24) is 0 Å². The number of hydrogen-bond donors (Lipinski definition) is 0. The fourth-order valence-corrected chi connectivity index (χ4v) is 1.79. The van der Waals surface area contributed by atoms with Crippen molar-refractivity contribution >= 4 is 0 Å². The van der Waals surface area contributed by atoms with Crippen LogP contribution in [0.1, 0.15) is 16.1 Å². The number of rotatable bonds is 5. The van der Waals surface area contributed by atoms with Crippen LogP contribution in [-0.4, -0.2) is 20.4 Å². The van der Waals surface area contributed by atoms with Crippen LogP contribution in [0.15, 0.2) is 54.0 Å². The molecule has 0 radical (unpaired) electrons. The normalized spacial score (nSPS) is 21.8. The summed E-state index contributed by atoms with van der Waals surface area (Å²) in [5.74, 6) is 1.19. The minimum atomic E-state index is -2.51. The number of allylic oxidation sites excluding steroid dienone is 2. The number of aryl methyl sites for hydroxylation is 1. The molecule has 0 saturated carbocycles. The Hall–Kier alpha value is -1.74. The summed E-state index contributed by atoms with van der Waals surface area (Å²) < 4.78 is 37.0. The first-order chi connectivity index (χ1) is 9.96. The Morgan fingerprint density at radius 1 is 1.28 bits per heavy atom. The van der Waals surface area contributed by atoms with Gasteiger partial charge in [0, 0.05) is 25.6 Å². The van der Waals surface area contributed by atoms with Gasteiger partial charge in [-0.15, -0.1) is 0 Å². The van der Waals surface area contributed by atoms with Crippen molar-refractivity contribution in [3.8, 4) is 0 Å². The quantitative estimate of drug-likeness (QED) is 0.802. The van der Waals surface area contributed by atoms with Gasteiger partial charge in [-0.2, -0.15) is 0 Å². The van der Waals surface area contributed by atoms with Gasteiger partial charge >= 0.3 is 0 Å². The van der Waals surface area contributed by atoms with E-state index in [9.17, 15) is 0 Å². The molecule has 1 aromatic rings. The predicted molar refractivity (Wildman–Crippen MR) is 69.8 cm³/mol. The van der Waals surface area contributed by atoms with Gasteiger partial charge in [0.15, 0.2) is 0 Å². The fourth-order valence-electron chi connectivity index (χ4n) is 1.79. The van der Waals surface area contributed by atoms with E-state index in [0.717, 1.165) is 6.42 Å². The van der Waals surface area contributed by atoms with Crippen molar-refractivity contribution < 1.29 is 18.3 Å². The zero-order valence-corrected chi connectivity index (χ0v) is 10.3. The highest BCUT2D eigenvalue weighted by molar-refractivity contribution is 5.22. The van der Waals surface area contributed by atoms with Crippen molar-refractivity contribution in [2.24, 2.45) is 0 Å². The Balaban J connectivity index is 1.99. The van der Waals surface area contributed by atoms with E-state index in [1.807, 2.05) is 30.3 Å². The van der Waals surface area contributed by atoms with Gasteiger partial charge in [0.1, 0.15) is 11.5 Å². The highest BCUT2D eigenvalue weighted by atomic mass is 16.7. The zero-order chi connectivity index (χ0) is 15.3. The van der Waals surface area contributed by atoms with Crippen LogP contribution in [0.2, 0.25) is 0 Å². The summed E-state index contributed by atoms with van der Waals surface area (Å²) in [4.78, 5) is 0. The van der Waals surface area contributed by atoms with E-state index in [-0.39, 0.29) is 0 Å². The second kappa shape index (κ2) is 6.26. The molecule has 96 valence electrons. The van der Waals surface area contributed by atoms with Gasteiger partial charge in [0.05, 0.1) is 11.2 Å². The van der Waals surface area contributed by atoms with Crippen LogP contribution in [0.4, 0.5) is 0 Å². The van der Waals surface area contributed by atoms with Crippen molar-refractivity contribution in [3.05, 3.63) is 59.6 Å². The fraction of sp³-hybridized carbons (Fsp3) is 0.333. The molecule has 0 spiro atoms. The van der Waals surface area contributed by atoms with Gasteiger partial charge in [-0.25, -0.2) is 0 Å². The molecular weight excluding hydrogens is 228 g/mol. The van der Waals surface area contributed by atoms with Crippen LogP contribution in [0.5, 0.6) is 0 Å². The van der Waals surface area contributed by atoms with Crippen LogP contribution < -0.4 is 0 Å². The van der Waals surface area contributed by atoms with Gasteiger partial charge < -0.3 is 14.2 Å². The van der Waals surface area contributed by atoms with E-state index in [4.69, 9.17) is 18.3 Å². The second-order valence-electron chi connectivity index (χ2n) is 3.97. The lowest BCUT2D eigenvalue weighted by Gasteiger charge is -2.21. The van der Waals surface area contributed by atoms with E-state index < -0.39 is 13.3 Å². The summed E-state index contributed by atoms with van der Waals surface area (Å²) in [7, 11) is -0.989. The Bertz CT molecular complexity index is 521. The van der Waals surface area contributed by atoms with Crippen molar-refractivity contribution in [1.29, 1.82) is 0 Å². The molecule has 0 aliphatic carbocycles. The first-order valence-electron chi connectivity index (χ1n) is 7.31. The lowest BCUT2D eigenvalue weighted by molar-refractivity contribution is -0.0667. The first-order valence-corrected chi connectivity index (χ1v) is 5.81. The summed E-state index contributed by atoms with van der Waals surface area (Å²) in [6.45, 7) is 0. The zero-order valence-electron chi connectivity index (χ0n) is 13.3. The van der Waals surface area contributed by atoms with Crippen LogP contribution >= 0.6 is 0 Å². The standard InChI is InChI=1S/C15H18O3/c1-16-14-10-13(18-15(11-14)17-2)9-8-12-6-4-3-5-7-12/h3-7,10-11,15H,8-9H2,1-2H3/i2D3. The first kappa shape index (κ1) is 9.22. The third kappa shape index (κ3) is 3.37. The maximum Gasteiger partial charge on any atom is 0.222 e. The topological polar surface area (TPSA) is 27.7 Å². The molecule has 1 aliphatic heterocycles. The van der Waals surface area contributed by atoms with Crippen molar-refractivity contribution in [3.63, 3.8) is 0 Å². The molecule has 1 atom stereocenters. The molecular formula is C15H18O3. The summed E-state index contributed by atoms with van der Waals surface area (Å²) in [6.07, 6.45) is 3.74. The molecule has 0 aromatic heterocycles. The van der Waals surface area contributed by atoms with E-state index in [1.165, 1.54) is 18.7 Å². The maximum absolute atomic E-state index is 7.13. The molecule has 3 heteroatoms. The average molecular weight is 249 g/mol. The van der Waals surface area contributed by atoms with E-state index in [1.54, 1.807) is 6.08 Å². The van der Waals surface area contributed by atoms with Crippen LogP contribution in [-0.2, 0) is 20.6 Å². The van der Waals surface area contributed by atoms with Crippen LogP contribution in [0, 0.1) is 0 Å². The number of benzene rings is 1. The lowest BCUT2D eigenvalue weighted by atomic mass is 10.1. The molecule has 1 heterocycles. The molecule has 1 unspecified atom stereocenters. The molecule has 3 nitrogen and oxygen atoms in total. The molecule has 0 bridgehead atoms. The Kier molecular flexibility index (Phi) is 3.21. The third-order valence-electron chi connectivity index (χ3n) is 2.73. The van der Waals surface area contributed by atoms with Crippen LogP contribution in [0.25, 0.3) is 0 Å². The van der Waals surface area contributed by atoms with Crippen LogP contribution in [0.3, 0.4) is 0 Å². The van der Waals surface area contributed by atoms with Gasteiger partial charge in [0.25, 0.3) is 0 Å². The van der Waals surface area contributed by atoms with Gasteiger partial charge in [0.2, 0.25) is 6.29 Å². The van der Waals surface area contributed by atoms with Gasteiger partial charge in [-0.1, -0.05) is 30.3 Å². The number of methoxy groups -OCH3 is 2. The number of hydrogen-bond acceptors (Lipinski definition) is 3. The second-order valence-corrected chi connectivity index (χ2v) is 3.97. The summed E-state index contributed by atoms with van der Waals surface area (Å²) >= 11 is 0. The molecule has 0 N–H and O–H groups in total. The minimum Gasteiger partial charge on any atom is -0.497 e. The Morgan fingerprint density at radius 3 is 2.83 bits per heavy atom. The highest BCUT2D eigenvalue weighted by Crippen LogP contribution is 2.21. The van der Waals surface area contributed by atoms with Crippen molar-refractivity contribution in [2.45, 2.75) is 19.1 Å². The monoisotopic (exact) mass is 249 g/mol.